The van der Waals surface area contributed by atoms with E-state index in [1.807, 2.05) is 6.92 Å². The number of Topliss-reactive ketones (excluding diaryl/α,β-unsaturated/α-hetero) is 1. The van der Waals surface area contributed by atoms with Gasteiger partial charge in [-0.1, -0.05) is 0 Å². The fraction of sp³-hybridized carbons (Fsp3) is 0.308. The fourth-order valence-corrected chi connectivity index (χ4v) is 2.00. The van der Waals surface area contributed by atoms with E-state index < -0.39 is 11.7 Å². The van der Waals surface area contributed by atoms with E-state index >= 15 is 0 Å². The largest absolute Gasteiger partial charge is 0.357 e. The molecular formula is C13H15ClN4O3. The van der Waals surface area contributed by atoms with Gasteiger partial charge in [-0.15, -0.1) is 11.6 Å². The van der Waals surface area contributed by atoms with Crippen LogP contribution in [0.1, 0.15) is 6.92 Å². The molecule has 2 aliphatic rings. The molecular weight excluding hydrogens is 296 g/mol. The minimum atomic E-state index is -0.623. The van der Waals surface area contributed by atoms with Gasteiger partial charge < -0.3 is 20.9 Å². The van der Waals surface area contributed by atoms with Gasteiger partial charge in [0.25, 0.3) is 5.91 Å². The second kappa shape index (κ2) is 6.45. The van der Waals surface area contributed by atoms with Crippen LogP contribution >= 0.6 is 11.6 Å². The molecule has 0 atom stereocenters. The van der Waals surface area contributed by atoms with Crippen LogP contribution in [-0.2, 0) is 14.4 Å². The van der Waals surface area contributed by atoms with Gasteiger partial charge in [-0.25, -0.2) is 0 Å². The van der Waals surface area contributed by atoms with Gasteiger partial charge in [0.05, 0.1) is 17.9 Å². The summed E-state index contributed by atoms with van der Waals surface area (Å²) in [5, 5.41) is 8.14. The number of alkyl halides is 1. The van der Waals surface area contributed by atoms with E-state index in [0.29, 0.717) is 23.8 Å². The van der Waals surface area contributed by atoms with Gasteiger partial charge in [-0.3, -0.25) is 14.4 Å². The summed E-state index contributed by atoms with van der Waals surface area (Å²) in [4.78, 5) is 35.8. The van der Waals surface area contributed by atoms with E-state index in [0.717, 1.165) is 0 Å². The second-order valence-corrected chi connectivity index (χ2v) is 4.68. The lowest BCUT2D eigenvalue weighted by Gasteiger charge is -2.31. The highest BCUT2D eigenvalue weighted by atomic mass is 35.5. The van der Waals surface area contributed by atoms with Crippen LogP contribution in [0, 0.1) is 0 Å². The lowest BCUT2D eigenvalue weighted by Crippen LogP contribution is -2.50. The first-order chi connectivity index (χ1) is 10.0. The van der Waals surface area contributed by atoms with Crippen LogP contribution in [0.25, 0.3) is 0 Å². The molecule has 112 valence electrons. The van der Waals surface area contributed by atoms with Crippen LogP contribution in [0.5, 0.6) is 0 Å². The third kappa shape index (κ3) is 3.43. The number of ketones is 1. The molecule has 2 rings (SSSR count). The van der Waals surface area contributed by atoms with E-state index in [1.54, 1.807) is 23.3 Å². The molecule has 8 heteroatoms. The third-order valence-electron chi connectivity index (χ3n) is 2.99. The number of dihydropyridines is 1. The zero-order valence-electron chi connectivity index (χ0n) is 11.4. The zero-order valence-corrected chi connectivity index (χ0v) is 12.2. The topological polar surface area (TPSA) is 90.5 Å². The Morgan fingerprint density at radius 3 is 2.76 bits per heavy atom. The lowest BCUT2D eigenvalue weighted by molar-refractivity contribution is -0.140. The van der Waals surface area contributed by atoms with Crippen molar-refractivity contribution in [3.05, 3.63) is 35.6 Å². The van der Waals surface area contributed by atoms with E-state index in [2.05, 4.69) is 16.0 Å². The van der Waals surface area contributed by atoms with Gasteiger partial charge in [0, 0.05) is 12.7 Å². The van der Waals surface area contributed by atoms with Crippen molar-refractivity contribution in [3.8, 4) is 0 Å². The molecule has 2 aliphatic heterocycles. The average molecular weight is 311 g/mol. The van der Waals surface area contributed by atoms with Gasteiger partial charge in [-0.2, -0.15) is 0 Å². The highest BCUT2D eigenvalue weighted by Gasteiger charge is 2.28. The van der Waals surface area contributed by atoms with Crippen molar-refractivity contribution in [1.82, 2.24) is 20.9 Å². The minimum Gasteiger partial charge on any atom is -0.357 e. The standard InChI is InChI=1S/C13H15ClN4O3/c1-2-18-7-10(19)13(21)17-12(18)9-4-3-8(6-15-9)16-11(20)5-14/h3-4,6,15H,2,5,7H2,1H3,(H,16,20)(H,17,21)/b12-9-. The second-order valence-electron chi connectivity index (χ2n) is 4.41. The number of nitrogens with one attached hydrogen (secondary N) is 3. The molecule has 0 aliphatic carbocycles. The molecule has 1 saturated heterocycles. The molecule has 0 unspecified atom stereocenters. The van der Waals surface area contributed by atoms with Crippen LogP contribution in [0.3, 0.4) is 0 Å². The molecule has 0 bridgehead atoms. The number of halogens is 1. The number of nitrogens with zero attached hydrogens (tertiary/aromatic N) is 1. The molecule has 7 nitrogen and oxygen atoms in total. The van der Waals surface area contributed by atoms with Gasteiger partial charge >= 0.3 is 0 Å². The predicted octanol–water partition coefficient (Wildman–Crippen LogP) is -0.468. The fourth-order valence-electron chi connectivity index (χ4n) is 1.93. The first kappa shape index (κ1) is 15.1. The van der Waals surface area contributed by atoms with Crippen molar-refractivity contribution in [2.45, 2.75) is 6.92 Å². The number of rotatable bonds is 3. The number of carbonyl (C=O) groups is 3. The smallest absolute Gasteiger partial charge is 0.294 e. The monoisotopic (exact) mass is 310 g/mol. The summed E-state index contributed by atoms with van der Waals surface area (Å²) in [5.41, 5.74) is 1.20. The lowest BCUT2D eigenvalue weighted by atomic mass is 10.2. The van der Waals surface area contributed by atoms with Gasteiger partial charge in [0.2, 0.25) is 11.7 Å². The molecule has 0 aromatic carbocycles. The van der Waals surface area contributed by atoms with Crippen molar-refractivity contribution < 1.29 is 14.4 Å². The number of carbonyl (C=O) groups excluding carboxylic acids is 3. The molecule has 0 radical (unpaired) electrons. The van der Waals surface area contributed by atoms with Crippen molar-refractivity contribution in [1.29, 1.82) is 0 Å². The Kier molecular flexibility index (Phi) is 4.64. The van der Waals surface area contributed by atoms with E-state index in [9.17, 15) is 14.4 Å². The van der Waals surface area contributed by atoms with Crippen LogP contribution in [0.2, 0.25) is 0 Å². The van der Waals surface area contributed by atoms with Crippen LogP contribution in [-0.4, -0.2) is 41.5 Å². The predicted molar refractivity (Wildman–Crippen MR) is 76.6 cm³/mol. The van der Waals surface area contributed by atoms with Crippen LogP contribution < -0.4 is 16.0 Å². The van der Waals surface area contributed by atoms with E-state index in [1.165, 1.54) is 0 Å². The van der Waals surface area contributed by atoms with Crippen molar-refractivity contribution >= 4 is 29.2 Å². The molecule has 0 aromatic rings. The Bertz CT molecular complexity index is 580. The van der Waals surface area contributed by atoms with Crippen LogP contribution in [0.4, 0.5) is 0 Å². The first-order valence-corrected chi connectivity index (χ1v) is 6.92. The Hall–Kier alpha value is -2.28. The Labute approximate surface area is 126 Å². The first-order valence-electron chi connectivity index (χ1n) is 6.39. The molecule has 3 N–H and O–H groups in total. The summed E-state index contributed by atoms with van der Waals surface area (Å²) in [7, 11) is 0. The van der Waals surface area contributed by atoms with Crippen molar-refractivity contribution in [3.63, 3.8) is 0 Å². The van der Waals surface area contributed by atoms with E-state index in [4.69, 9.17) is 11.6 Å². The Balaban J connectivity index is 2.15. The van der Waals surface area contributed by atoms with Crippen molar-refractivity contribution in [2.75, 3.05) is 19.0 Å². The number of amides is 2. The quantitative estimate of drug-likeness (QED) is 0.484. The number of allylic oxidation sites excluding steroid dienone is 2. The van der Waals surface area contributed by atoms with Crippen molar-refractivity contribution in [2.24, 2.45) is 0 Å². The highest BCUT2D eigenvalue weighted by molar-refractivity contribution is 6.38. The number of likely N-dealkylation sites (N-methyl/N-ethyl adjacent to an activating group) is 1. The van der Waals surface area contributed by atoms with Gasteiger partial charge in [0.15, 0.2) is 0 Å². The Morgan fingerprint density at radius 2 is 2.19 bits per heavy atom. The Morgan fingerprint density at radius 1 is 1.43 bits per heavy atom. The summed E-state index contributed by atoms with van der Waals surface area (Å²) in [6.45, 7) is 2.52. The number of hydrogen-bond donors (Lipinski definition) is 3. The maximum atomic E-state index is 11.5. The molecule has 2 amide bonds. The molecule has 21 heavy (non-hydrogen) atoms. The minimum absolute atomic E-state index is 0.0518. The van der Waals surface area contributed by atoms with Gasteiger partial charge in [-0.05, 0) is 19.1 Å². The molecule has 1 fully saturated rings. The molecule has 0 saturated carbocycles. The molecule has 0 aromatic heterocycles. The maximum absolute atomic E-state index is 11.5. The zero-order chi connectivity index (χ0) is 15.4. The third-order valence-corrected chi connectivity index (χ3v) is 3.23. The SMILES string of the molecule is CCN1CC(=O)C(=O)N/C1=C1\C=CC(NC(=O)CCl)=CN1. The molecule has 2 heterocycles. The summed E-state index contributed by atoms with van der Waals surface area (Å²) in [6.07, 6.45) is 4.97. The summed E-state index contributed by atoms with van der Waals surface area (Å²) < 4.78 is 0. The highest BCUT2D eigenvalue weighted by Crippen LogP contribution is 2.14. The number of hydrogen-bond acceptors (Lipinski definition) is 5. The normalized spacial score (nSPS) is 21.6. The summed E-state index contributed by atoms with van der Waals surface area (Å²) >= 11 is 5.41. The summed E-state index contributed by atoms with van der Waals surface area (Å²) in [6, 6.07) is 0. The van der Waals surface area contributed by atoms with E-state index in [-0.39, 0.29) is 18.3 Å². The summed E-state index contributed by atoms with van der Waals surface area (Å²) in [5.74, 6) is -0.982. The van der Waals surface area contributed by atoms with Crippen LogP contribution in [0.15, 0.2) is 35.6 Å². The van der Waals surface area contributed by atoms with Gasteiger partial charge in [0.1, 0.15) is 11.7 Å². The average Bonchev–Trinajstić information content (AvgIpc) is 2.50. The maximum Gasteiger partial charge on any atom is 0.294 e. The molecule has 0 spiro atoms.